The van der Waals surface area contributed by atoms with E-state index in [4.69, 9.17) is 4.74 Å². The number of allylic oxidation sites excluding steroid dienone is 1. The zero-order chi connectivity index (χ0) is 18.7. The number of ether oxygens (including phenoxy) is 1. The van der Waals surface area contributed by atoms with E-state index in [-0.39, 0.29) is 17.4 Å². The number of amides is 3. The van der Waals surface area contributed by atoms with E-state index in [1.54, 1.807) is 31.2 Å². The Bertz CT molecular complexity index is 878. The number of urea groups is 1. The largest absolute Gasteiger partial charge is 0.504 e. The lowest BCUT2D eigenvalue weighted by Gasteiger charge is -2.29. The number of benzene rings is 2. The predicted octanol–water partition coefficient (Wildman–Crippen LogP) is 2.67. The highest BCUT2D eigenvalue weighted by atomic mass is 16.5. The highest BCUT2D eigenvalue weighted by Gasteiger charge is 2.31. The molecule has 0 aliphatic carbocycles. The fourth-order valence-electron chi connectivity index (χ4n) is 2.84. The summed E-state index contributed by atoms with van der Waals surface area (Å²) in [4.78, 5) is 24.8. The Labute approximate surface area is 150 Å². The Balaban J connectivity index is 1.98. The molecule has 0 radical (unpaired) electrons. The van der Waals surface area contributed by atoms with Crippen molar-refractivity contribution in [3.05, 3.63) is 65.4 Å². The maximum Gasteiger partial charge on any atom is 0.319 e. The van der Waals surface area contributed by atoms with Crippen LogP contribution >= 0.6 is 0 Å². The van der Waals surface area contributed by atoms with E-state index in [0.29, 0.717) is 22.5 Å². The van der Waals surface area contributed by atoms with Crippen molar-refractivity contribution in [3.63, 3.8) is 0 Å². The smallest absolute Gasteiger partial charge is 0.319 e. The number of aromatic hydroxyl groups is 1. The van der Waals surface area contributed by atoms with Crippen molar-refractivity contribution < 1.29 is 19.4 Å². The van der Waals surface area contributed by atoms with E-state index in [1.165, 1.54) is 13.2 Å². The number of phenols is 1. The van der Waals surface area contributed by atoms with Crippen LogP contribution in [0, 0.1) is 0 Å². The molecular formula is C19H19N3O4. The van der Waals surface area contributed by atoms with Gasteiger partial charge in [0.25, 0.3) is 5.91 Å². The van der Waals surface area contributed by atoms with Gasteiger partial charge in [-0.25, -0.2) is 4.79 Å². The van der Waals surface area contributed by atoms with Crippen LogP contribution in [0.2, 0.25) is 0 Å². The Hall–Kier alpha value is -3.48. The SMILES string of the molecule is COc1cc([C@@H]2NC(=O)NC(C)=C2C(=O)Nc2ccccc2)ccc1O. The lowest BCUT2D eigenvalue weighted by atomic mass is 9.94. The fraction of sp³-hybridized carbons (Fsp3) is 0.158. The Morgan fingerprint density at radius 2 is 1.92 bits per heavy atom. The lowest BCUT2D eigenvalue weighted by Crippen LogP contribution is -2.45. The van der Waals surface area contributed by atoms with Gasteiger partial charge in [-0.1, -0.05) is 24.3 Å². The average molecular weight is 353 g/mol. The van der Waals surface area contributed by atoms with Crippen LogP contribution in [-0.2, 0) is 4.79 Å². The molecule has 2 aromatic carbocycles. The molecule has 1 heterocycles. The van der Waals surface area contributed by atoms with Crippen molar-refractivity contribution in [2.24, 2.45) is 0 Å². The van der Waals surface area contributed by atoms with Gasteiger partial charge < -0.3 is 25.8 Å². The van der Waals surface area contributed by atoms with Gasteiger partial charge in [0.15, 0.2) is 11.5 Å². The molecule has 0 saturated heterocycles. The second-order valence-electron chi connectivity index (χ2n) is 5.82. The first-order valence-corrected chi connectivity index (χ1v) is 8.01. The first-order chi connectivity index (χ1) is 12.5. The number of rotatable bonds is 4. The molecule has 26 heavy (non-hydrogen) atoms. The maximum atomic E-state index is 12.8. The summed E-state index contributed by atoms with van der Waals surface area (Å²) in [6.45, 7) is 1.67. The molecule has 4 N–H and O–H groups in total. The summed E-state index contributed by atoms with van der Waals surface area (Å²) in [6, 6.07) is 12.7. The minimum absolute atomic E-state index is 0.0208. The molecule has 134 valence electrons. The molecule has 0 fully saturated rings. The topological polar surface area (TPSA) is 99.7 Å². The third-order valence-electron chi connectivity index (χ3n) is 4.08. The van der Waals surface area contributed by atoms with Crippen molar-refractivity contribution >= 4 is 17.6 Å². The zero-order valence-electron chi connectivity index (χ0n) is 14.4. The van der Waals surface area contributed by atoms with Crippen molar-refractivity contribution in [2.45, 2.75) is 13.0 Å². The number of nitrogens with one attached hydrogen (secondary N) is 3. The highest BCUT2D eigenvalue weighted by molar-refractivity contribution is 6.06. The molecule has 3 rings (SSSR count). The minimum Gasteiger partial charge on any atom is -0.504 e. The Morgan fingerprint density at radius 3 is 2.62 bits per heavy atom. The number of anilines is 1. The van der Waals surface area contributed by atoms with Gasteiger partial charge in [-0.2, -0.15) is 0 Å². The molecule has 7 nitrogen and oxygen atoms in total. The molecule has 1 aliphatic heterocycles. The third-order valence-corrected chi connectivity index (χ3v) is 4.08. The lowest BCUT2D eigenvalue weighted by molar-refractivity contribution is -0.113. The van der Waals surface area contributed by atoms with Gasteiger partial charge >= 0.3 is 6.03 Å². The molecule has 1 atom stereocenters. The normalized spacial score (nSPS) is 16.5. The van der Waals surface area contributed by atoms with Crippen molar-refractivity contribution in [2.75, 3.05) is 12.4 Å². The number of phenolic OH excluding ortho intramolecular Hbond substituents is 1. The fourth-order valence-corrected chi connectivity index (χ4v) is 2.84. The third kappa shape index (κ3) is 3.46. The standard InChI is InChI=1S/C19H19N3O4/c1-11-16(18(24)21-13-6-4-3-5-7-13)17(22-19(25)20-11)12-8-9-14(23)15(10-12)26-2/h3-10,17,23H,1-2H3,(H,21,24)(H2,20,22,25)/t17-/m0/s1. The number of carbonyl (C=O) groups is 2. The number of methoxy groups -OCH3 is 1. The van der Waals surface area contributed by atoms with Crippen LogP contribution in [0.15, 0.2) is 59.8 Å². The Morgan fingerprint density at radius 1 is 1.19 bits per heavy atom. The summed E-state index contributed by atoms with van der Waals surface area (Å²) < 4.78 is 5.13. The molecule has 3 amide bonds. The summed E-state index contributed by atoms with van der Waals surface area (Å²) >= 11 is 0. The quantitative estimate of drug-likeness (QED) is 0.679. The van der Waals surface area contributed by atoms with E-state index in [0.717, 1.165) is 0 Å². The second-order valence-corrected chi connectivity index (χ2v) is 5.82. The molecule has 0 unspecified atom stereocenters. The summed E-state index contributed by atoms with van der Waals surface area (Å²) in [5.41, 5.74) is 2.10. The monoisotopic (exact) mass is 353 g/mol. The molecular weight excluding hydrogens is 334 g/mol. The van der Waals surface area contributed by atoms with Crippen LogP contribution in [0.3, 0.4) is 0 Å². The average Bonchev–Trinajstić information content (AvgIpc) is 2.62. The summed E-state index contributed by atoms with van der Waals surface area (Å²) in [5, 5.41) is 18.0. The van der Waals surface area contributed by atoms with E-state index in [2.05, 4.69) is 16.0 Å². The van der Waals surface area contributed by atoms with Crippen LogP contribution in [0.25, 0.3) is 0 Å². The van der Waals surface area contributed by atoms with Crippen LogP contribution in [0.4, 0.5) is 10.5 Å². The van der Waals surface area contributed by atoms with Gasteiger partial charge in [0, 0.05) is 11.4 Å². The second kappa shape index (κ2) is 7.18. The number of hydrogen-bond acceptors (Lipinski definition) is 4. The number of carbonyl (C=O) groups excluding carboxylic acids is 2. The predicted molar refractivity (Wildman–Crippen MR) is 96.8 cm³/mol. The Kier molecular flexibility index (Phi) is 4.79. The van der Waals surface area contributed by atoms with Crippen molar-refractivity contribution in [1.29, 1.82) is 0 Å². The number of hydrogen-bond donors (Lipinski definition) is 4. The van der Waals surface area contributed by atoms with Gasteiger partial charge in [0.1, 0.15) is 0 Å². The summed E-state index contributed by atoms with van der Waals surface area (Å²) in [6.07, 6.45) is 0. The van der Waals surface area contributed by atoms with Crippen molar-refractivity contribution in [1.82, 2.24) is 10.6 Å². The molecule has 0 bridgehead atoms. The maximum absolute atomic E-state index is 12.8. The van der Waals surface area contributed by atoms with E-state index in [9.17, 15) is 14.7 Å². The zero-order valence-corrected chi connectivity index (χ0v) is 14.4. The van der Waals surface area contributed by atoms with E-state index in [1.807, 2.05) is 18.2 Å². The van der Waals surface area contributed by atoms with Gasteiger partial charge in [0.2, 0.25) is 0 Å². The molecule has 2 aromatic rings. The molecule has 0 aromatic heterocycles. The first kappa shape index (κ1) is 17.3. The van der Waals surface area contributed by atoms with E-state index >= 15 is 0 Å². The van der Waals surface area contributed by atoms with Gasteiger partial charge in [-0.05, 0) is 36.8 Å². The highest BCUT2D eigenvalue weighted by Crippen LogP contribution is 2.33. The molecule has 0 spiro atoms. The number of para-hydroxylation sites is 1. The summed E-state index contributed by atoms with van der Waals surface area (Å²) in [5.74, 6) is -0.0958. The molecule has 7 heteroatoms. The van der Waals surface area contributed by atoms with E-state index < -0.39 is 12.1 Å². The van der Waals surface area contributed by atoms with Gasteiger partial charge in [-0.3, -0.25) is 4.79 Å². The van der Waals surface area contributed by atoms with Crippen LogP contribution in [0.5, 0.6) is 11.5 Å². The minimum atomic E-state index is -0.679. The van der Waals surface area contributed by atoms with Gasteiger partial charge in [-0.15, -0.1) is 0 Å². The molecule has 1 aliphatic rings. The van der Waals surface area contributed by atoms with Gasteiger partial charge in [0.05, 0.1) is 18.7 Å². The van der Waals surface area contributed by atoms with Crippen LogP contribution in [0.1, 0.15) is 18.5 Å². The van der Waals surface area contributed by atoms with Crippen LogP contribution < -0.4 is 20.7 Å². The molecule has 0 saturated carbocycles. The van der Waals surface area contributed by atoms with Crippen LogP contribution in [-0.4, -0.2) is 24.2 Å². The summed E-state index contributed by atoms with van der Waals surface area (Å²) in [7, 11) is 1.43. The first-order valence-electron chi connectivity index (χ1n) is 8.01. The van der Waals surface area contributed by atoms with Crippen molar-refractivity contribution in [3.8, 4) is 11.5 Å².